The molecule has 1 heterocycles. The molecule has 2 rings (SSSR count). The number of allylic oxidation sites excluding steroid dienone is 1. The molecule has 2 aliphatic rings. The van der Waals surface area contributed by atoms with E-state index in [2.05, 4.69) is 11.3 Å². The topological polar surface area (TPSA) is 66.5 Å². The van der Waals surface area contributed by atoms with Crippen LogP contribution >= 0.6 is 0 Å². The van der Waals surface area contributed by atoms with Gasteiger partial charge in [0, 0.05) is 13.1 Å². The number of rotatable bonds is 4. The van der Waals surface area contributed by atoms with E-state index in [1.54, 1.807) is 13.0 Å². The zero-order valence-corrected chi connectivity index (χ0v) is 10.8. The molecular weight excluding hydrogens is 240 g/mol. The molecular formula is C11H18N2O3S. The summed E-state index contributed by atoms with van der Waals surface area (Å²) in [6.45, 7) is 6.41. The van der Waals surface area contributed by atoms with Gasteiger partial charge >= 0.3 is 10.2 Å². The minimum atomic E-state index is -3.63. The van der Waals surface area contributed by atoms with Crippen molar-refractivity contribution < 1.29 is 13.2 Å². The van der Waals surface area contributed by atoms with Crippen molar-refractivity contribution >= 4 is 16.1 Å². The number of nitrogens with zero attached hydrogens (tertiary/aromatic N) is 1. The molecule has 0 aromatic rings. The van der Waals surface area contributed by atoms with Crippen LogP contribution in [0.1, 0.15) is 26.2 Å². The van der Waals surface area contributed by atoms with E-state index in [1.165, 1.54) is 4.31 Å². The van der Waals surface area contributed by atoms with Gasteiger partial charge < -0.3 is 0 Å². The predicted octanol–water partition coefficient (Wildman–Crippen LogP) is 0.655. The van der Waals surface area contributed by atoms with Crippen molar-refractivity contribution in [2.45, 2.75) is 26.2 Å². The van der Waals surface area contributed by atoms with Gasteiger partial charge in [0.2, 0.25) is 5.91 Å². The zero-order chi connectivity index (χ0) is 12.7. The van der Waals surface area contributed by atoms with Gasteiger partial charge in [0.25, 0.3) is 0 Å². The third-order valence-electron chi connectivity index (χ3n) is 3.73. The summed E-state index contributed by atoms with van der Waals surface area (Å²) in [6.07, 6.45) is 4.11. The number of carbonyl (C=O) groups excluding carboxylic acids is 1. The molecule has 17 heavy (non-hydrogen) atoms. The van der Waals surface area contributed by atoms with Crippen LogP contribution in [0.25, 0.3) is 0 Å². The second-order valence-corrected chi connectivity index (χ2v) is 6.68. The maximum atomic E-state index is 11.9. The quantitative estimate of drug-likeness (QED) is 0.753. The standard InChI is InChI=1S/C11H18N2O3S/c1-3-9-8-11(9,2)10(14)12-17(15,16)13-6-4-5-7-13/h3,9H,1,4-8H2,2H3,(H,12,14)/t9-,11+/m1/s1. The highest BCUT2D eigenvalue weighted by molar-refractivity contribution is 7.87. The molecule has 1 saturated carbocycles. The van der Waals surface area contributed by atoms with Crippen LogP contribution in [0.3, 0.4) is 0 Å². The number of hydrogen-bond acceptors (Lipinski definition) is 3. The van der Waals surface area contributed by atoms with Gasteiger partial charge in [-0.05, 0) is 25.2 Å². The average Bonchev–Trinajstić information content (AvgIpc) is 2.72. The molecule has 0 radical (unpaired) electrons. The van der Waals surface area contributed by atoms with Gasteiger partial charge in [-0.1, -0.05) is 13.0 Å². The Morgan fingerprint density at radius 3 is 2.53 bits per heavy atom. The number of hydrogen-bond donors (Lipinski definition) is 1. The molecule has 1 aliphatic carbocycles. The van der Waals surface area contributed by atoms with Gasteiger partial charge in [0.1, 0.15) is 0 Å². The SMILES string of the molecule is C=C[C@@H]1C[C@]1(C)C(=O)NS(=O)(=O)N1CCCC1. The Labute approximate surface area is 102 Å². The number of carbonyl (C=O) groups is 1. The van der Waals surface area contributed by atoms with Crippen molar-refractivity contribution in [2.75, 3.05) is 13.1 Å². The van der Waals surface area contributed by atoms with Crippen LogP contribution in [0.4, 0.5) is 0 Å². The van der Waals surface area contributed by atoms with Gasteiger partial charge in [-0.3, -0.25) is 4.79 Å². The van der Waals surface area contributed by atoms with Crippen LogP contribution in [0, 0.1) is 11.3 Å². The van der Waals surface area contributed by atoms with Crippen LogP contribution in [-0.2, 0) is 15.0 Å². The largest absolute Gasteiger partial charge is 0.303 e. The monoisotopic (exact) mass is 258 g/mol. The molecule has 0 bridgehead atoms. The first-order valence-electron chi connectivity index (χ1n) is 5.85. The lowest BCUT2D eigenvalue weighted by Crippen LogP contribution is -2.44. The van der Waals surface area contributed by atoms with Gasteiger partial charge in [-0.15, -0.1) is 6.58 Å². The molecule has 1 N–H and O–H groups in total. The van der Waals surface area contributed by atoms with E-state index in [0.717, 1.165) is 12.8 Å². The minimum absolute atomic E-state index is 0.0938. The van der Waals surface area contributed by atoms with Gasteiger partial charge in [0.05, 0.1) is 5.41 Å². The smallest absolute Gasteiger partial charge is 0.273 e. The maximum absolute atomic E-state index is 11.9. The van der Waals surface area contributed by atoms with Crippen LogP contribution in [0.2, 0.25) is 0 Å². The fourth-order valence-corrected chi connectivity index (χ4v) is 3.56. The minimum Gasteiger partial charge on any atom is -0.273 e. The fourth-order valence-electron chi connectivity index (χ4n) is 2.23. The second-order valence-electron chi connectivity index (χ2n) is 5.01. The summed E-state index contributed by atoms with van der Waals surface area (Å²) in [5, 5.41) is 0. The molecule has 0 aromatic carbocycles. The Morgan fingerprint density at radius 2 is 2.06 bits per heavy atom. The lowest BCUT2D eigenvalue weighted by molar-refractivity contribution is -0.124. The van der Waals surface area contributed by atoms with Crippen LogP contribution in [0.5, 0.6) is 0 Å². The molecule has 1 saturated heterocycles. The molecule has 1 aliphatic heterocycles. The molecule has 0 spiro atoms. The van der Waals surface area contributed by atoms with Gasteiger partial charge in [-0.2, -0.15) is 12.7 Å². The summed E-state index contributed by atoms with van der Waals surface area (Å²) < 4.78 is 27.3. The first-order valence-corrected chi connectivity index (χ1v) is 7.29. The Morgan fingerprint density at radius 1 is 1.47 bits per heavy atom. The number of nitrogens with one attached hydrogen (secondary N) is 1. The number of amides is 1. The van der Waals surface area contributed by atoms with E-state index in [-0.39, 0.29) is 5.92 Å². The van der Waals surface area contributed by atoms with E-state index >= 15 is 0 Å². The molecule has 2 fully saturated rings. The summed E-state index contributed by atoms with van der Waals surface area (Å²) in [6, 6.07) is 0. The van der Waals surface area contributed by atoms with E-state index < -0.39 is 21.5 Å². The van der Waals surface area contributed by atoms with Crippen molar-refractivity contribution in [1.82, 2.24) is 9.03 Å². The Hall–Kier alpha value is -0.880. The molecule has 96 valence electrons. The maximum Gasteiger partial charge on any atom is 0.303 e. The van der Waals surface area contributed by atoms with Crippen molar-refractivity contribution in [1.29, 1.82) is 0 Å². The third kappa shape index (κ3) is 2.24. The normalized spacial score (nSPS) is 33.4. The van der Waals surface area contributed by atoms with Crippen molar-refractivity contribution in [3.63, 3.8) is 0 Å². The van der Waals surface area contributed by atoms with Crippen LogP contribution < -0.4 is 4.72 Å². The zero-order valence-electron chi connectivity index (χ0n) is 9.98. The Balaban J connectivity index is 2.01. The van der Waals surface area contributed by atoms with Crippen LogP contribution in [0.15, 0.2) is 12.7 Å². The van der Waals surface area contributed by atoms with E-state index in [9.17, 15) is 13.2 Å². The third-order valence-corrected chi connectivity index (χ3v) is 5.22. The first kappa shape index (κ1) is 12.6. The van der Waals surface area contributed by atoms with Crippen molar-refractivity contribution in [3.05, 3.63) is 12.7 Å². The summed E-state index contributed by atoms with van der Waals surface area (Å²) >= 11 is 0. The lowest BCUT2D eigenvalue weighted by Gasteiger charge is -2.18. The second kappa shape index (κ2) is 4.10. The lowest BCUT2D eigenvalue weighted by atomic mass is 10.1. The summed E-state index contributed by atoms with van der Waals surface area (Å²) in [5.74, 6) is -0.314. The molecule has 0 aromatic heterocycles. The Bertz CT molecular complexity index is 440. The van der Waals surface area contributed by atoms with Crippen molar-refractivity contribution in [3.8, 4) is 0 Å². The molecule has 2 atom stereocenters. The fraction of sp³-hybridized carbons (Fsp3) is 0.727. The highest BCUT2D eigenvalue weighted by Gasteiger charge is 2.55. The highest BCUT2D eigenvalue weighted by Crippen LogP contribution is 2.53. The summed E-state index contributed by atoms with van der Waals surface area (Å²) in [4.78, 5) is 11.9. The molecule has 0 unspecified atom stereocenters. The predicted molar refractivity (Wildman–Crippen MR) is 64.3 cm³/mol. The summed E-state index contributed by atoms with van der Waals surface area (Å²) in [7, 11) is -3.63. The highest BCUT2D eigenvalue weighted by atomic mass is 32.2. The van der Waals surface area contributed by atoms with E-state index in [4.69, 9.17) is 0 Å². The Kier molecular flexibility index (Phi) is 3.03. The average molecular weight is 258 g/mol. The van der Waals surface area contributed by atoms with E-state index in [1.807, 2.05) is 0 Å². The van der Waals surface area contributed by atoms with Gasteiger partial charge in [0.15, 0.2) is 0 Å². The van der Waals surface area contributed by atoms with Gasteiger partial charge in [-0.25, -0.2) is 4.72 Å². The first-order chi connectivity index (χ1) is 7.90. The molecule has 5 nitrogen and oxygen atoms in total. The van der Waals surface area contributed by atoms with E-state index in [0.29, 0.717) is 19.5 Å². The van der Waals surface area contributed by atoms with Crippen molar-refractivity contribution in [2.24, 2.45) is 11.3 Å². The van der Waals surface area contributed by atoms with Crippen LogP contribution in [-0.4, -0.2) is 31.7 Å². The molecule has 6 heteroatoms. The molecule has 1 amide bonds. The summed E-state index contributed by atoms with van der Waals surface area (Å²) in [5.41, 5.74) is -0.589.